The lowest BCUT2D eigenvalue weighted by Gasteiger charge is -2.07. The van der Waals surface area contributed by atoms with Crippen molar-refractivity contribution < 1.29 is 19.1 Å². The third-order valence-electron chi connectivity index (χ3n) is 2.35. The van der Waals surface area contributed by atoms with Gasteiger partial charge in [0.15, 0.2) is 0 Å². The molecule has 1 aromatic heterocycles. The van der Waals surface area contributed by atoms with E-state index < -0.39 is 17.7 Å². The van der Waals surface area contributed by atoms with Gasteiger partial charge < -0.3 is 15.4 Å². The number of rotatable bonds is 3. The Hall–Kier alpha value is -2.15. The minimum atomic E-state index is -1.32. The normalized spacial score (nSPS) is 10.2. The van der Waals surface area contributed by atoms with E-state index in [4.69, 9.17) is 5.11 Å². The third kappa shape index (κ3) is 3.00. The van der Waals surface area contributed by atoms with Crippen molar-refractivity contribution in [2.24, 2.45) is 0 Å². The molecule has 19 heavy (non-hydrogen) atoms. The van der Waals surface area contributed by atoms with Gasteiger partial charge in [-0.3, -0.25) is 4.79 Å². The van der Waals surface area contributed by atoms with Crippen molar-refractivity contribution in [3.8, 4) is 0 Å². The minimum absolute atomic E-state index is 0.0321. The number of amides is 1. The highest BCUT2D eigenvalue weighted by Crippen LogP contribution is 2.19. The van der Waals surface area contributed by atoms with Crippen LogP contribution in [0.3, 0.4) is 0 Å². The molecule has 98 valence electrons. The lowest BCUT2D eigenvalue weighted by atomic mass is 10.1. The Morgan fingerprint density at radius 2 is 2.05 bits per heavy atom. The number of carbonyl (C=O) groups is 2. The van der Waals surface area contributed by atoms with E-state index >= 15 is 0 Å². The first-order valence-electron chi connectivity index (χ1n) is 5.15. The minimum Gasteiger partial charge on any atom is -0.478 e. The van der Waals surface area contributed by atoms with Crippen LogP contribution in [0.2, 0.25) is 0 Å². The van der Waals surface area contributed by atoms with Crippen LogP contribution in [0.15, 0.2) is 34.9 Å². The van der Waals surface area contributed by atoms with Gasteiger partial charge in [0, 0.05) is 10.7 Å². The Kier molecular flexibility index (Phi) is 3.66. The van der Waals surface area contributed by atoms with E-state index in [1.807, 2.05) is 0 Å². The zero-order valence-corrected chi connectivity index (χ0v) is 11.0. The molecule has 0 fully saturated rings. The lowest BCUT2D eigenvalue weighted by molar-refractivity contribution is 0.0697. The number of aromatic carboxylic acids is 1. The van der Waals surface area contributed by atoms with Gasteiger partial charge in [0.1, 0.15) is 11.5 Å². The Morgan fingerprint density at radius 1 is 1.32 bits per heavy atom. The number of carbonyl (C=O) groups excluding carboxylic acids is 1. The summed E-state index contributed by atoms with van der Waals surface area (Å²) < 4.78 is 13.7. The molecule has 0 aliphatic heterocycles. The molecule has 7 heteroatoms. The fourth-order valence-corrected chi connectivity index (χ4v) is 1.83. The maximum Gasteiger partial charge on any atom is 0.337 e. The molecule has 0 radical (unpaired) electrons. The first-order chi connectivity index (χ1) is 8.97. The molecular weight excluding hydrogens is 319 g/mol. The summed E-state index contributed by atoms with van der Waals surface area (Å²) in [6.45, 7) is 0. The van der Waals surface area contributed by atoms with Crippen molar-refractivity contribution >= 4 is 33.5 Å². The van der Waals surface area contributed by atoms with Crippen LogP contribution < -0.4 is 5.32 Å². The molecule has 0 spiro atoms. The van der Waals surface area contributed by atoms with E-state index in [2.05, 4.69) is 26.2 Å². The van der Waals surface area contributed by atoms with Gasteiger partial charge in [0.05, 0.1) is 11.3 Å². The van der Waals surface area contributed by atoms with Crippen molar-refractivity contribution in [3.05, 3.63) is 52.0 Å². The molecule has 3 N–H and O–H groups in total. The van der Waals surface area contributed by atoms with Crippen molar-refractivity contribution in [2.45, 2.75) is 0 Å². The van der Waals surface area contributed by atoms with Crippen molar-refractivity contribution in [2.75, 3.05) is 5.32 Å². The molecule has 0 atom stereocenters. The highest BCUT2D eigenvalue weighted by atomic mass is 79.9. The molecule has 1 heterocycles. The average molecular weight is 327 g/mol. The quantitative estimate of drug-likeness (QED) is 0.811. The van der Waals surface area contributed by atoms with E-state index in [1.165, 1.54) is 6.07 Å². The van der Waals surface area contributed by atoms with Crippen LogP contribution in [-0.4, -0.2) is 22.0 Å². The average Bonchev–Trinajstić information content (AvgIpc) is 2.78. The molecule has 0 aliphatic carbocycles. The topological polar surface area (TPSA) is 82.2 Å². The second-order valence-corrected chi connectivity index (χ2v) is 4.60. The van der Waals surface area contributed by atoms with E-state index in [0.29, 0.717) is 4.47 Å². The van der Waals surface area contributed by atoms with Gasteiger partial charge in [-0.15, -0.1) is 0 Å². The monoisotopic (exact) mass is 326 g/mol. The molecular formula is C12H8BrFN2O3. The summed E-state index contributed by atoms with van der Waals surface area (Å²) in [7, 11) is 0. The Labute approximate surface area is 115 Å². The van der Waals surface area contributed by atoms with Crippen LogP contribution in [0, 0.1) is 5.82 Å². The molecule has 0 unspecified atom stereocenters. The van der Waals surface area contributed by atoms with Crippen LogP contribution in [-0.2, 0) is 0 Å². The first-order valence-corrected chi connectivity index (χ1v) is 5.95. The van der Waals surface area contributed by atoms with E-state index in [0.717, 1.165) is 12.1 Å². The second-order valence-electron chi connectivity index (χ2n) is 3.68. The molecule has 2 aromatic rings. The first kappa shape index (κ1) is 13.3. The highest BCUT2D eigenvalue weighted by molar-refractivity contribution is 9.10. The number of hydrogen-bond acceptors (Lipinski definition) is 2. The molecule has 0 saturated carbocycles. The Balaban J connectivity index is 2.28. The third-order valence-corrected chi connectivity index (χ3v) is 2.81. The zero-order valence-electron chi connectivity index (χ0n) is 9.41. The van der Waals surface area contributed by atoms with E-state index in [-0.39, 0.29) is 16.9 Å². The summed E-state index contributed by atoms with van der Waals surface area (Å²) in [5, 5.41) is 11.4. The van der Waals surface area contributed by atoms with Gasteiger partial charge in [-0.1, -0.05) is 0 Å². The fourth-order valence-electron chi connectivity index (χ4n) is 1.49. The molecule has 0 aliphatic rings. The van der Waals surface area contributed by atoms with Crippen molar-refractivity contribution in [3.63, 3.8) is 0 Å². The molecule has 0 bridgehead atoms. The number of H-pyrrole nitrogens is 1. The summed E-state index contributed by atoms with van der Waals surface area (Å²) >= 11 is 3.18. The maximum atomic E-state index is 13.0. The largest absolute Gasteiger partial charge is 0.478 e. The van der Waals surface area contributed by atoms with Gasteiger partial charge in [-0.2, -0.15) is 0 Å². The number of hydrogen-bond donors (Lipinski definition) is 3. The number of anilines is 1. The zero-order chi connectivity index (χ0) is 14.0. The van der Waals surface area contributed by atoms with E-state index in [1.54, 1.807) is 12.3 Å². The SMILES string of the molecule is O=C(Nc1ccc(F)cc1C(=O)O)c1cc(Br)c[nH]1. The fraction of sp³-hybridized carbons (Fsp3) is 0. The van der Waals surface area contributed by atoms with Gasteiger partial charge in [-0.25, -0.2) is 9.18 Å². The number of aromatic nitrogens is 1. The summed E-state index contributed by atoms with van der Waals surface area (Å²) in [6.07, 6.45) is 1.57. The number of benzene rings is 1. The van der Waals surface area contributed by atoms with Gasteiger partial charge in [0.25, 0.3) is 5.91 Å². The smallest absolute Gasteiger partial charge is 0.337 e. The lowest BCUT2D eigenvalue weighted by Crippen LogP contribution is -2.15. The van der Waals surface area contributed by atoms with Crippen molar-refractivity contribution in [1.29, 1.82) is 0 Å². The number of nitrogens with one attached hydrogen (secondary N) is 2. The number of carboxylic acids is 1. The molecule has 2 rings (SSSR count). The van der Waals surface area contributed by atoms with Gasteiger partial charge >= 0.3 is 5.97 Å². The number of aromatic amines is 1. The number of halogens is 2. The molecule has 1 amide bonds. The molecule has 0 saturated heterocycles. The summed E-state index contributed by atoms with van der Waals surface area (Å²) in [5.41, 5.74) is -0.0175. The maximum absolute atomic E-state index is 13.0. The van der Waals surface area contributed by atoms with Crippen LogP contribution >= 0.6 is 15.9 Å². The van der Waals surface area contributed by atoms with Crippen LogP contribution in [0.4, 0.5) is 10.1 Å². The predicted octanol–water partition coefficient (Wildman–Crippen LogP) is 2.87. The standard InChI is InChI=1S/C12H8BrFN2O3/c13-6-3-10(15-5-6)11(17)16-9-2-1-7(14)4-8(9)12(18)19/h1-5,15H,(H,16,17)(H,18,19). The summed E-state index contributed by atoms with van der Waals surface area (Å²) in [4.78, 5) is 25.5. The van der Waals surface area contributed by atoms with Gasteiger partial charge in [0.2, 0.25) is 0 Å². The van der Waals surface area contributed by atoms with Crippen LogP contribution in [0.1, 0.15) is 20.8 Å². The van der Waals surface area contributed by atoms with Gasteiger partial charge in [-0.05, 0) is 40.2 Å². The Bertz CT molecular complexity index is 654. The molecule has 5 nitrogen and oxygen atoms in total. The van der Waals surface area contributed by atoms with Crippen LogP contribution in [0.5, 0.6) is 0 Å². The second kappa shape index (κ2) is 5.23. The Morgan fingerprint density at radius 3 is 2.63 bits per heavy atom. The van der Waals surface area contributed by atoms with Crippen LogP contribution in [0.25, 0.3) is 0 Å². The number of carboxylic acid groups (broad SMARTS) is 1. The summed E-state index contributed by atoms with van der Waals surface area (Å²) in [6, 6.07) is 4.67. The predicted molar refractivity (Wildman–Crippen MR) is 69.8 cm³/mol. The highest BCUT2D eigenvalue weighted by Gasteiger charge is 2.15. The molecule has 1 aromatic carbocycles. The van der Waals surface area contributed by atoms with Crippen molar-refractivity contribution in [1.82, 2.24) is 4.98 Å². The summed E-state index contributed by atoms with van der Waals surface area (Å²) in [5.74, 6) is -2.51. The van der Waals surface area contributed by atoms with E-state index in [9.17, 15) is 14.0 Å².